The second kappa shape index (κ2) is 6.17. The van der Waals surface area contributed by atoms with Crippen molar-refractivity contribution in [3.8, 4) is 0 Å². The summed E-state index contributed by atoms with van der Waals surface area (Å²) in [6, 6.07) is 1.94. The Labute approximate surface area is 157 Å². The summed E-state index contributed by atoms with van der Waals surface area (Å²) in [7, 11) is -0.141. The lowest BCUT2D eigenvalue weighted by molar-refractivity contribution is -0.138. The Morgan fingerprint density at radius 3 is 2.81 bits per heavy atom. The molecule has 27 heavy (non-hydrogen) atoms. The lowest BCUT2D eigenvalue weighted by Gasteiger charge is -2.58. The quantitative estimate of drug-likeness (QED) is 0.262. The molecule has 7 nitrogen and oxygen atoms in total. The molecular weight excluding hydrogens is 343 g/mol. The predicted octanol–water partition coefficient (Wildman–Crippen LogP) is 0.169. The van der Waals surface area contributed by atoms with Crippen LogP contribution in [-0.2, 0) is 4.79 Å². The topological polar surface area (TPSA) is 111 Å². The predicted molar refractivity (Wildman–Crippen MR) is 103 cm³/mol. The molecule has 2 heterocycles. The van der Waals surface area contributed by atoms with E-state index in [1.807, 2.05) is 12.3 Å². The molecule has 0 spiro atoms. The third-order valence-electron chi connectivity index (χ3n) is 6.89. The minimum atomic E-state index is -0.530. The van der Waals surface area contributed by atoms with Crippen molar-refractivity contribution < 1.29 is 14.9 Å². The number of carbonyl (C=O) groups is 1. The number of H-pyrrole nitrogens is 1. The van der Waals surface area contributed by atoms with Gasteiger partial charge in [-0.25, -0.2) is 10.4 Å². The maximum Gasteiger partial charge on any atom is 0.307 e. The molecule has 2 aromatic rings. The molecule has 4 bridgehead atoms. The molecule has 4 aliphatic carbocycles. The highest BCUT2D eigenvalue weighted by atomic mass is 16.3. The zero-order valence-corrected chi connectivity index (χ0v) is 15.1. The molecule has 2 unspecified atom stereocenters. The summed E-state index contributed by atoms with van der Waals surface area (Å²) in [5, 5.41) is 26.3. The third kappa shape index (κ3) is 2.62. The van der Waals surface area contributed by atoms with Crippen molar-refractivity contribution in [3.63, 3.8) is 0 Å². The summed E-state index contributed by atoms with van der Waals surface area (Å²) < 4.78 is 0. The third-order valence-corrected chi connectivity index (χ3v) is 6.89. The minimum Gasteiger partial charge on any atom is -0.449 e. The molecule has 2 aromatic heterocycles. The number of nitrogens with zero attached hydrogens (tertiary/aromatic N) is 2. The Balaban J connectivity index is 1.66. The summed E-state index contributed by atoms with van der Waals surface area (Å²) in [5.41, 5.74) is 5.10. The van der Waals surface area contributed by atoms with Gasteiger partial charge in [0.15, 0.2) is 0 Å². The first-order chi connectivity index (χ1) is 13.1. The van der Waals surface area contributed by atoms with Crippen LogP contribution in [0.1, 0.15) is 37.7 Å². The largest absolute Gasteiger partial charge is 0.449 e. The molecule has 0 radical (unpaired) electrons. The van der Waals surface area contributed by atoms with Gasteiger partial charge in [-0.05, 0) is 61.4 Å². The van der Waals surface area contributed by atoms with E-state index in [0.29, 0.717) is 29.6 Å². The lowest BCUT2D eigenvalue weighted by atomic mass is 9.49. The smallest absolute Gasteiger partial charge is 0.307 e. The fourth-order valence-corrected chi connectivity index (χ4v) is 6.29. The standard InChI is InChI=1S/C19H23BN4O3/c25-9-23-24-17(16-13-1-2-21-18(13)22-8-14(16)20-27)15-11-3-10-4-12(15)7-19(26,5-10)6-11/h1-2,8-12,15,20,26-27H,3-7H2,(H,21,22)(H,23,25)/b24-17-. The van der Waals surface area contributed by atoms with Crippen molar-refractivity contribution in [3.05, 3.63) is 24.0 Å². The second-order valence-electron chi connectivity index (χ2n) is 8.52. The van der Waals surface area contributed by atoms with Gasteiger partial charge in [-0.1, -0.05) is 0 Å². The monoisotopic (exact) mass is 366 g/mol. The van der Waals surface area contributed by atoms with Crippen LogP contribution in [0.2, 0.25) is 0 Å². The van der Waals surface area contributed by atoms with Gasteiger partial charge < -0.3 is 15.1 Å². The van der Waals surface area contributed by atoms with Crippen LogP contribution in [0, 0.1) is 23.7 Å². The van der Waals surface area contributed by atoms with Crippen LogP contribution in [-0.4, -0.2) is 45.3 Å². The molecule has 4 aliphatic rings. The fourth-order valence-electron chi connectivity index (χ4n) is 6.29. The molecule has 0 aliphatic heterocycles. The Bertz CT molecular complexity index is 911. The van der Waals surface area contributed by atoms with Crippen molar-refractivity contribution in [2.75, 3.05) is 0 Å². The maximum absolute atomic E-state index is 11.0. The van der Waals surface area contributed by atoms with Crippen LogP contribution in [0.15, 0.2) is 23.6 Å². The number of hydrazone groups is 1. The number of nitrogens with one attached hydrogen (secondary N) is 2. The number of hydrogen-bond acceptors (Lipinski definition) is 5. The van der Waals surface area contributed by atoms with Gasteiger partial charge in [0.05, 0.1) is 11.3 Å². The molecular formula is C19H23BN4O3. The molecule has 0 aromatic carbocycles. The highest BCUT2D eigenvalue weighted by Gasteiger charge is 2.56. The lowest BCUT2D eigenvalue weighted by Crippen LogP contribution is -2.57. The van der Waals surface area contributed by atoms with Crippen LogP contribution in [0.25, 0.3) is 11.0 Å². The number of aromatic amines is 1. The molecule has 140 valence electrons. The van der Waals surface area contributed by atoms with Crippen LogP contribution < -0.4 is 10.9 Å². The fraction of sp³-hybridized carbons (Fsp3) is 0.526. The van der Waals surface area contributed by atoms with Crippen molar-refractivity contribution in [2.45, 2.75) is 37.7 Å². The van der Waals surface area contributed by atoms with E-state index >= 15 is 0 Å². The molecule has 4 N–H and O–H groups in total. The van der Waals surface area contributed by atoms with Crippen molar-refractivity contribution >= 4 is 36.1 Å². The van der Waals surface area contributed by atoms with Gasteiger partial charge in [-0.3, -0.25) is 4.79 Å². The molecule has 6 rings (SSSR count). The number of hydrogen-bond donors (Lipinski definition) is 4. The first-order valence-electron chi connectivity index (χ1n) is 9.67. The number of amides is 1. The summed E-state index contributed by atoms with van der Waals surface area (Å²) in [6.07, 6.45) is 8.78. The molecule has 4 fully saturated rings. The Morgan fingerprint density at radius 2 is 2.15 bits per heavy atom. The van der Waals surface area contributed by atoms with Gasteiger partial charge in [0.25, 0.3) is 0 Å². The highest BCUT2D eigenvalue weighted by molar-refractivity contribution is 6.49. The van der Waals surface area contributed by atoms with E-state index in [1.54, 1.807) is 6.20 Å². The number of aromatic nitrogens is 2. The average molecular weight is 366 g/mol. The van der Waals surface area contributed by atoms with Crippen LogP contribution in [0.4, 0.5) is 0 Å². The Hall–Kier alpha value is -2.19. The highest BCUT2D eigenvalue weighted by Crippen LogP contribution is 2.59. The molecule has 4 saturated carbocycles. The summed E-state index contributed by atoms with van der Waals surface area (Å²) in [5.74, 6) is 1.45. The van der Waals surface area contributed by atoms with E-state index in [2.05, 4.69) is 20.5 Å². The van der Waals surface area contributed by atoms with Gasteiger partial charge in [0.1, 0.15) is 5.65 Å². The zero-order chi connectivity index (χ0) is 18.6. The maximum atomic E-state index is 11.0. The first kappa shape index (κ1) is 17.0. The number of carbonyl (C=O) groups excluding carboxylic acids is 1. The van der Waals surface area contributed by atoms with E-state index < -0.39 is 5.60 Å². The Morgan fingerprint density at radius 1 is 1.37 bits per heavy atom. The molecule has 2 atom stereocenters. The summed E-state index contributed by atoms with van der Waals surface area (Å²) in [4.78, 5) is 18.5. The van der Waals surface area contributed by atoms with E-state index in [1.165, 1.54) is 0 Å². The van der Waals surface area contributed by atoms with Crippen molar-refractivity contribution in [2.24, 2.45) is 28.8 Å². The van der Waals surface area contributed by atoms with E-state index in [-0.39, 0.29) is 13.4 Å². The van der Waals surface area contributed by atoms with E-state index in [0.717, 1.165) is 54.4 Å². The number of fused-ring (bicyclic) bond motifs is 1. The number of pyridine rings is 1. The van der Waals surface area contributed by atoms with Crippen LogP contribution >= 0.6 is 0 Å². The van der Waals surface area contributed by atoms with Crippen molar-refractivity contribution in [1.82, 2.24) is 15.4 Å². The van der Waals surface area contributed by atoms with Crippen LogP contribution in [0.3, 0.4) is 0 Å². The van der Waals surface area contributed by atoms with E-state index in [4.69, 9.17) is 0 Å². The number of rotatable bonds is 5. The summed E-state index contributed by atoms with van der Waals surface area (Å²) in [6.45, 7) is 0. The SMILES string of the molecule is O=CN/N=C(\c1c(BO)cnc2[nH]ccc12)C1C2CC3CC1CC(O)(C3)C2. The van der Waals surface area contributed by atoms with Gasteiger partial charge in [0.2, 0.25) is 6.41 Å². The zero-order valence-electron chi connectivity index (χ0n) is 15.1. The molecule has 0 saturated heterocycles. The van der Waals surface area contributed by atoms with E-state index in [9.17, 15) is 14.9 Å². The minimum absolute atomic E-state index is 0.141. The first-order valence-corrected chi connectivity index (χ1v) is 9.67. The van der Waals surface area contributed by atoms with Gasteiger partial charge in [0, 0.05) is 29.3 Å². The molecule has 1 amide bonds. The summed E-state index contributed by atoms with van der Waals surface area (Å²) >= 11 is 0. The molecule has 8 heteroatoms. The van der Waals surface area contributed by atoms with Crippen molar-refractivity contribution in [1.29, 1.82) is 0 Å². The number of aliphatic hydroxyl groups is 1. The normalized spacial score (nSPS) is 34.8. The Kier molecular flexibility index (Phi) is 3.87. The van der Waals surface area contributed by atoms with Gasteiger partial charge >= 0.3 is 7.48 Å². The second-order valence-corrected chi connectivity index (χ2v) is 8.52. The average Bonchev–Trinajstić information content (AvgIpc) is 3.10. The van der Waals surface area contributed by atoms with Gasteiger partial charge in [-0.2, -0.15) is 5.10 Å². The van der Waals surface area contributed by atoms with Crippen LogP contribution in [0.5, 0.6) is 0 Å². The van der Waals surface area contributed by atoms with Gasteiger partial charge in [-0.15, -0.1) is 0 Å².